The first-order valence-corrected chi connectivity index (χ1v) is 6.48. The lowest BCUT2D eigenvalue weighted by Crippen LogP contribution is -2.34. The summed E-state index contributed by atoms with van der Waals surface area (Å²) in [7, 11) is 0. The second-order valence-corrected chi connectivity index (χ2v) is 5.54. The van der Waals surface area contributed by atoms with Crippen LogP contribution in [-0.2, 0) is 5.54 Å². The molecule has 0 aliphatic carbocycles. The van der Waals surface area contributed by atoms with Crippen LogP contribution in [0.3, 0.4) is 0 Å². The second kappa shape index (κ2) is 4.93. The van der Waals surface area contributed by atoms with Crippen LogP contribution in [-0.4, -0.2) is 0 Å². The molecule has 2 aromatic rings. The minimum atomic E-state index is -0.659. The summed E-state index contributed by atoms with van der Waals surface area (Å²) in [5.74, 6) is 0. The molecule has 2 N–H and O–H groups in total. The molecule has 0 aromatic heterocycles. The van der Waals surface area contributed by atoms with E-state index in [2.05, 4.69) is 6.07 Å². The third-order valence-corrected chi connectivity index (χ3v) is 3.67. The number of hydrogen-bond acceptors (Lipinski definition) is 1. The smallest absolute Gasteiger partial charge is 0.0652 e. The predicted molar refractivity (Wildman–Crippen MR) is 78.3 cm³/mol. The summed E-state index contributed by atoms with van der Waals surface area (Å²) in [6, 6.07) is 13.5. The molecule has 0 aliphatic heterocycles. The lowest BCUT2D eigenvalue weighted by molar-refractivity contribution is 0.603. The summed E-state index contributed by atoms with van der Waals surface area (Å²) in [5.41, 5.74) is 8.82. The first-order chi connectivity index (χ1) is 8.41. The Balaban J connectivity index is 2.57. The topological polar surface area (TPSA) is 26.0 Å². The van der Waals surface area contributed by atoms with E-state index in [0.717, 1.165) is 11.1 Å². The van der Waals surface area contributed by atoms with Crippen molar-refractivity contribution in [1.29, 1.82) is 0 Å². The average Bonchev–Trinajstić information content (AvgIpc) is 2.32. The lowest BCUT2D eigenvalue weighted by Gasteiger charge is -2.27. The highest BCUT2D eigenvalue weighted by atomic mass is 35.5. The lowest BCUT2D eigenvalue weighted by atomic mass is 9.85. The van der Waals surface area contributed by atoms with E-state index in [4.69, 9.17) is 28.9 Å². The Hall–Kier alpha value is -1.02. The highest BCUT2D eigenvalue weighted by Crippen LogP contribution is 2.33. The summed E-state index contributed by atoms with van der Waals surface area (Å²) in [6.07, 6.45) is 0. The third-order valence-electron chi connectivity index (χ3n) is 3.11. The van der Waals surface area contributed by atoms with Gasteiger partial charge in [0.1, 0.15) is 0 Å². The molecule has 2 rings (SSSR count). The van der Waals surface area contributed by atoms with Crippen LogP contribution in [0.5, 0.6) is 0 Å². The monoisotopic (exact) mass is 279 g/mol. The van der Waals surface area contributed by atoms with Gasteiger partial charge in [0.2, 0.25) is 0 Å². The Kier molecular flexibility index (Phi) is 3.67. The summed E-state index contributed by atoms with van der Waals surface area (Å²) in [4.78, 5) is 0. The van der Waals surface area contributed by atoms with E-state index in [-0.39, 0.29) is 0 Å². The molecule has 0 aliphatic rings. The molecule has 1 atom stereocenters. The Morgan fingerprint density at radius 2 is 1.78 bits per heavy atom. The molecule has 2 aromatic carbocycles. The van der Waals surface area contributed by atoms with Crippen LogP contribution in [0.4, 0.5) is 0 Å². The van der Waals surface area contributed by atoms with E-state index in [1.807, 2.05) is 38.1 Å². The van der Waals surface area contributed by atoms with E-state index >= 15 is 0 Å². The van der Waals surface area contributed by atoms with Gasteiger partial charge in [0.05, 0.1) is 5.54 Å². The van der Waals surface area contributed by atoms with E-state index in [9.17, 15) is 0 Å². The molecule has 3 heteroatoms. The molecule has 0 amide bonds. The van der Waals surface area contributed by atoms with Gasteiger partial charge in [0, 0.05) is 10.0 Å². The van der Waals surface area contributed by atoms with Crippen molar-refractivity contribution in [1.82, 2.24) is 0 Å². The summed E-state index contributed by atoms with van der Waals surface area (Å²) >= 11 is 12.3. The van der Waals surface area contributed by atoms with Crippen molar-refractivity contribution in [3.63, 3.8) is 0 Å². The fraction of sp³-hybridized carbons (Fsp3) is 0.200. The van der Waals surface area contributed by atoms with Gasteiger partial charge in [0.15, 0.2) is 0 Å². The number of rotatable bonds is 2. The van der Waals surface area contributed by atoms with Crippen molar-refractivity contribution in [2.24, 2.45) is 5.73 Å². The van der Waals surface area contributed by atoms with Crippen LogP contribution in [0.2, 0.25) is 10.0 Å². The highest BCUT2D eigenvalue weighted by Gasteiger charge is 2.26. The van der Waals surface area contributed by atoms with Crippen molar-refractivity contribution in [2.45, 2.75) is 19.4 Å². The first-order valence-electron chi connectivity index (χ1n) is 5.73. The van der Waals surface area contributed by atoms with Gasteiger partial charge >= 0.3 is 0 Å². The van der Waals surface area contributed by atoms with Crippen molar-refractivity contribution in [3.05, 3.63) is 69.2 Å². The highest BCUT2D eigenvalue weighted by molar-refractivity contribution is 6.33. The number of halogens is 2. The standard InChI is InChI=1S/C15H15Cl2N/c1-10-4-3-5-11(8-10)15(2,18)13-9-12(16)6-7-14(13)17/h3-9H,18H2,1-2H3. The number of aryl methyl sites for hydroxylation is 1. The SMILES string of the molecule is Cc1cccc(C(C)(N)c2cc(Cl)ccc2Cl)c1. The fourth-order valence-corrected chi connectivity index (χ4v) is 2.51. The molecule has 18 heavy (non-hydrogen) atoms. The summed E-state index contributed by atoms with van der Waals surface area (Å²) in [6.45, 7) is 3.98. The fourth-order valence-electron chi connectivity index (χ4n) is 2.02. The maximum absolute atomic E-state index is 6.45. The number of benzene rings is 2. The normalized spacial score (nSPS) is 14.3. The van der Waals surface area contributed by atoms with Gasteiger partial charge in [-0.1, -0.05) is 53.0 Å². The zero-order valence-corrected chi connectivity index (χ0v) is 11.9. The average molecular weight is 280 g/mol. The van der Waals surface area contributed by atoms with Crippen molar-refractivity contribution in [2.75, 3.05) is 0 Å². The second-order valence-electron chi connectivity index (χ2n) is 4.70. The molecule has 0 bridgehead atoms. The Morgan fingerprint density at radius 1 is 1.06 bits per heavy atom. The minimum Gasteiger partial charge on any atom is -0.318 e. The quantitative estimate of drug-likeness (QED) is 0.859. The van der Waals surface area contributed by atoms with E-state index in [1.54, 1.807) is 12.1 Å². The number of nitrogens with two attached hydrogens (primary N) is 1. The molecule has 0 spiro atoms. The van der Waals surface area contributed by atoms with Gasteiger partial charge in [-0.2, -0.15) is 0 Å². The van der Waals surface area contributed by atoms with Gasteiger partial charge in [-0.3, -0.25) is 0 Å². The number of hydrogen-bond donors (Lipinski definition) is 1. The van der Waals surface area contributed by atoms with Gasteiger partial charge in [0.25, 0.3) is 0 Å². The van der Waals surface area contributed by atoms with Gasteiger partial charge < -0.3 is 5.73 Å². The molecular formula is C15H15Cl2N. The van der Waals surface area contributed by atoms with E-state index < -0.39 is 5.54 Å². The van der Waals surface area contributed by atoms with Crippen LogP contribution in [0.15, 0.2) is 42.5 Å². The van der Waals surface area contributed by atoms with E-state index in [1.165, 1.54) is 5.56 Å². The first kappa shape index (κ1) is 13.4. The van der Waals surface area contributed by atoms with Crippen LogP contribution in [0.1, 0.15) is 23.6 Å². The molecule has 1 nitrogen and oxygen atoms in total. The van der Waals surface area contributed by atoms with Crippen LogP contribution < -0.4 is 5.73 Å². The van der Waals surface area contributed by atoms with Crippen molar-refractivity contribution >= 4 is 23.2 Å². The zero-order valence-electron chi connectivity index (χ0n) is 10.4. The van der Waals surface area contributed by atoms with E-state index in [0.29, 0.717) is 10.0 Å². The maximum Gasteiger partial charge on any atom is 0.0652 e. The Morgan fingerprint density at radius 3 is 2.44 bits per heavy atom. The van der Waals surface area contributed by atoms with Crippen LogP contribution >= 0.6 is 23.2 Å². The molecule has 0 saturated carbocycles. The minimum absolute atomic E-state index is 0.630. The molecular weight excluding hydrogens is 265 g/mol. The van der Waals surface area contributed by atoms with Gasteiger partial charge in [-0.15, -0.1) is 0 Å². The molecule has 0 saturated heterocycles. The van der Waals surface area contributed by atoms with Crippen molar-refractivity contribution in [3.8, 4) is 0 Å². The molecule has 0 heterocycles. The third kappa shape index (κ3) is 2.54. The molecule has 0 fully saturated rings. The molecule has 0 radical (unpaired) electrons. The van der Waals surface area contributed by atoms with Gasteiger partial charge in [-0.25, -0.2) is 0 Å². The van der Waals surface area contributed by atoms with Crippen LogP contribution in [0.25, 0.3) is 0 Å². The summed E-state index contributed by atoms with van der Waals surface area (Å²) in [5, 5.41) is 1.27. The predicted octanol–water partition coefficient (Wildman–Crippen LogP) is 4.52. The van der Waals surface area contributed by atoms with Crippen molar-refractivity contribution < 1.29 is 0 Å². The Labute approximate surface area is 118 Å². The zero-order chi connectivity index (χ0) is 13.3. The molecule has 94 valence electrons. The summed E-state index contributed by atoms with van der Waals surface area (Å²) < 4.78 is 0. The van der Waals surface area contributed by atoms with Crippen LogP contribution in [0, 0.1) is 6.92 Å². The van der Waals surface area contributed by atoms with Gasteiger partial charge in [-0.05, 0) is 43.2 Å². The molecule has 1 unspecified atom stereocenters. The largest absolute Gasteiger partial charge is 0.318 e. The Bertz CT molecular complexity index is 576. The maximum atomic E-state index is 6.45.